The molecule has 0 saturated heterocycles. The molecule has 2 aliphatic carbocycles. The number of aliphatic carboxylic acids is 1. The molecule has 33 heavy (non-hydrogen) atoms. The molecule has 0 aliphatic heterocycles. The van der Waals surface area contributed by atoms with E-state index in [2.05, 4.69) is 34.9 Å². The van der Waals surface area contributed by atoms with Crippen LogP contribution in [0.2, 0.25) is 0 Å². The number of hydrogen-bond acceptors (Lipinski definition) is 4. The van der Waals surface area contributed by atoms with Crippen molar-refractivity contribution in [1.29, 1.82) is 0 Å². The average molecular weight is 451 g/mol. The summed E-state index contributed by atoms with van der Waals surface area (Å²) in [5, 5.41) is 14.8. The van der Waals surface area contributed by atoms with Crippen LogP contribution in [0.25, 0.3) is 11.1 Å². The zero-order valence-electron chi connectivity index (χ0n) is 18.8. The summed E-state index contributed by atoms with van der Waals surface area (Å²) in [4.78, 5) is 35.9. The van der Waals surface area contributed by atoms with Crippen molar-refractivity contribution in [2.75, 3.05) is 13.2 Å². The number of alkyl carbamates (subject to hydrolysis) is 1. The molecule has 0 radical (unpaired) electrons. The number of carboxylic acid groups (broad SMARTS) is 1. The molecule has 2 aromatic carbocycles. The molecule has 3 N–H and O–H groups in total. The lowest BCUT2D eigenvalue weighted by atomic mass is 9.96. The van der Waals surface area contributed by atoms with Gasteiger partial charge >= 0.3 is 12.1 Å². The largest absolute Gasteiger partial charge is 0.481 e. The summed E-state index contributed by atoms with van der Waals surface area (Å²) in [6.45, 7) is 2.32. The van der Waals surface area contributed by atoms with Gasteiger partial charge in [0.15, 0.2) is 0 Å². The number of nitrogens with one attached hydrogen (secondary N) is 2. The Morgan fingerprint density at radius 2 is 1.67 bits per heavy atom. The van der Waals surface area contributed by atoms with Crippen molar-refractivity contribution in [3.63, 3.8) is 0 Å². The Balaban J connectivity index is 1.24. The van der Waals surface area contributed by atoms with Crippen molar-refractivity contribution >= 4 is 18.0 Å². The molecule has 1 fully saturated rings. The van der Waals surface area contributed by atoms with Crippen LogP contribution < -0.4 is 10.6 Å². The molecule has 0 spiro atoms. The highest BCUT2D eigenvalue weighted by Crippen LogP contribution is 2.44. The highest BCUT2D eigenvalue weighted by Gasteiger charge is 2.33. The van der Waals surface area contributed by atoms with E-state index in [1.165, 1.54) is 11.1 Å². The summed E-state index contributed by atoms with van der Waals surface area (Å²) in [7, 11) is 0. The third kappa shape index (κ3) is 5.18. The topological polar surface area (TPSA) is 105 Å². The maximum Gasteiger partial charge on any atom is 0.407 e. The van der Waals surface area contributed by atoms with Crippen molar-refractivity contribution in [1.82, 2.24) is 10.6 Å². The second-order valence-corrected chi connectivity index (χ2v) is 9.01. The van der Waals surface area contributed by atoms with E-state index in [1.54, 1.807) is 6.92 Å². The lowest BCUT2D eigenvalue weighted by Crippen LogP contribution is -2.39. The van der Waals surface area contributed by atoms with Gasteiger partial charge < -0.3 is 20.5 Å². The van der Waals surface area contributed by atoms with Crippen LogP contribution in [0.15, 0.2) is 48.5 Å². The third-order valence-electron chi connectivity index (χ3n) is 6.74. The summed E-state index contributed by atoms with van der Waals surface area (Å²) in [6, 6.07) is 15.9. The van der Waals surface area contributed by atoms with Crippen LogP contribution in [-0.2, 0) is 14.3 Å². The number of rotatable bonds is 8. The third-order valence-corrected chi connectivity index (χ3v) is 6.74. The smallest absolute Gasteiger partial charge is 0.407 e. The van der Waals surface area contributed by atoms with Crippen LogP contribution >= 0.6 is 0 Å². The van der Waals surface area contributed by atoms with Gasteiger partial charge in [0.25, 0.3) is 0 Å². The van der Waals surface area contributed by atoms with Gasteiger partial charge in [-0.2, -0.15) is 0 Å². The van der Waals surface area contributed by atoms with Gasteiger partial charge in [0.2, 0.25) is 5.91 Å². The van der Waals surface area contributed by atoms with Gasteiger partial charge in [0, 0.05) is 24.9 Å². The molecular formula is C26H30N2O5. The van der Waals surface area contributed by atoms with Gasteiger partial charge in [-0.1, -0.05) is 55.0 Å². The normalized spacial score (nSPS) is 19.9. The van der Waals surface area contributed by atoms with E-state index in [9.17, 15) is 19.5 Å². The summed E-state index contributed by atoms with van der Waals surface area (Å²) < 4.78 is 5.53. The van der Waals surface area contributed by atoms with E-state index in [1.807, 2.05) is 24.3 Å². The Kier molecular flexibility index (Phi) is 6.96. The van der Waals surface area contributed by atoms with Crippen molar-refractivity contribution < 1.29 is 24.2 Å². The average Bonchev–Trinajstić information content (AvgIpc) is 3.39. The molecule has 0 heterocycles. The van der Waals surface area contributed by atoms with Crippen LogP contribution in [0.4, 0.5) is 4.79 Å². The number of carboxylic acids is 1. The lowest BCUT2D eigenvalue weighted by Gasteiger charge is -2.19. The molecule has 0 aromatic heterocycles. The Labute approximate surface area is 193 Å². The minimum atomic E-state index is -0.794. The molecule has 0 bridgehead atoms. The zero-order chi connectivity index (χ0) is 23.4. The fraction of sp³-hybridized carbons (Fsp3) is 0.423. The molecular weight excluding hydrogens is 420 g/mol. The monoisotopic (exact) mass is 450 g/mol. The highest BCUT2D eigenvalue weighted by atomic mass is 16.5. The lowest BCUT2D eigenvalue weighted by molar-refractivity contribution is -0.143. The van der Waals surface area contributed by atoms with Crippen molar-refractivity contribution in [3.05, 3.63) is 59.7 Å². The van der Waals surface area contributed by atoms with Gasteiger partial charge in [-0.05, 0) is 47.9 Å². The number of hydrogen-bond donors (Lipinski definition) is 3. The number of carbonyl (C=O) groups excluding carboxylic acids is 2. The van der Waals surface area contributed by atoms with E-state index in [0.29, 0.717) is 13.0 Å². The number of benzene rings is 2. The first-order valence-corrected chi connectivity index (χ1v) is 11.5. The minimum Gasteiger partial charge on any atom is -0.481 e. The second-order valence-electron chi connectivity index (χ2n) is 9.01. The zero-order valence-corrected chi connectivity index (χ0v) is 18.8. The summed E-state index contributed by atoms with van der Waals surface area (Å²) in [5.41, 5.74) is 4.62. The molecule has 7 nitrogen and oxygen atoms in total. The number of fused-ring (bicyclic) bond motifs is 3. The predicted molar refractivity (Wildman–Crippen MR) is 124 cm³/mol. The molecule has 2 amide bonds. The first-order valence-electron chi connectivity index (χ1n) is 11.5. The Hall–Kier alpha value is -3.35. The van der Waals surface area contributed by atoms with Gasteiger partial charge in [0.05, 0.1) is 5.92 Å². The molecule has 2 aromatic rings. The number of carbonyl (C=O) groups is 3. The minimum absolute atomic E-state index is 0.0182. The summed E-state index contributed by atoms with van der Waals surface area (Å²) in [5.74, 6) is -1.44. The fourth-order valence-corrected chi connectivity index (χ4v) is 5.09. The van der Waals surface area contributed by atoms with Crippen LogP contribution in [0, 0.1) is 11.8 Å². The van der Waals surface area contributed by atoms with Gasteiger partial charge in [-0.25, -0.2) is 4.79 Å². The van der Waals surface area contributed by atoms with Gasteiger partial charge in [-0.3, -0.25) is 9.59 Å². The second kappa shape index (κ2) is 10.1. The van der Waals surface area contributed by atoms with Crippen molar-refractivity contribution in [3.8, 4) is 11.1 Å². The van der Waals surface area contributed by atoms with Crippen LogP contribution in [-0.4, -0.2) is 42.3 Å². The first-order chi connectivity index (χ1) is 15.9. The molecule has 2 aliphatic rings. The Morgan fingerprint density at radius 3 is 2.30 bits per heavy atom. The highest BCUT2D eigenvalue weighted by molar-refractivity contribution is 5.79. The molecule has 4 rings (SSSR count). The van der Waals surface area contributed by atoms with Crippen molar-refractivity contribution in [2.24, 2.45) is 11.8 Å². The first kappa shape index (κ1) is 22.8. The molecule has 174 valence electrons. The van der Waals surface area contributed by atoms with Crippen LogP contribution in [0.5, 0.6) is 0 Å². The predicted octanol–water partition coefficient (Wildman–Crippen LogP) is 3.92. The standard InChI is InChI=1S/C26H30N2O5/c1-16(13-24(29)27-14-17-7-6-12-18(17)25(30)31)28-26(32)33-15-23-21-10-4-2-8-19(21)20-9-3-5-11-22(20)23/h2-5,8-11,16-18,23H,6-7,12-15H2,1H3,(H,27,29)(H,28,32)(H,30,31)/t16-,17-,18-/m1/s1. The number of amides is 2. The van der Waals surface area contributed by atoms with Crippen LogP contribution in [0.1, 0.15) is 49.7 Å². The SMILES string of the molecule is C[C@H](CC(=O)NC[C@H]1CCC[C@H]1C(=O)O)NC(=O)OCC1c2ccccc2-c2ccccc21. The maximum atomic E-state index is 12.4. The van der Waals surface area contributed by atoms with E-state index >= 15 is 0 Å². The quantitative estimate of drug-likeness (QED) is 0.565. The Morgan fingerprint density at radius 1 is 1.03 bits per heavy atom. The van der Waals surface area contributed by atoms with Crippen molar-refractivity contribution in [2.45, 2.75) is 44.6 Å². The fourth-order valence-electron chi connectivity index (χ4n) is 5.09. The summed E-state index contributed by atoms with van der Waals surface area (Å²) in [6.07, 6.45) is 1.89. The van der Waals surface area contributed by atoms with E-state index in [0.717, 1.165) is 24.0 Å². The Bertz CT molecular complexity index is 991. The molecule has 0 unspecified atom stereocenters. The van der Waals surface area contributed by atoms with Gasteiger partial charge in [0.1, 0.15) is 6.61 Å². The summed E-state index contributed by atoms with van der Waals surface area (Å²) >= 11 is 0. The van der Waals surface area contributed by atoms with Gasteiger partial charge in [-0.15, -0.1) is 0 Å². The molecule has 1 saturated carbocycles. The molecule has 3 atom stereocenters. The van der Waals surface area contributed by atoms with E-state index in [4.69, 9.17) is 4.74 Å². The molecule has 7 heteroatoms. The van der Waals surface area contributed by atoms with E-state index < -0.39 is 18.1 Å². The maximum absolute atomic E-state index is 12.4. The van der Waals surface area contributed by atoms with E-state index in [-0.39, 0.29) is 36.7 Å². The number of ether oxygens (including phenoxy) is 1. The van der Waals surface area contributed by atoms with Crippen LogP contribution in [0.3, 0.4) is 0 Å².